The summed E-state index contributed by atoms with van der Waals surface area (Å²) in [5.74, 6) is 0.179. The van der Waals surface area contributed by atoms with Gasteiger partial charge in [0.2, 0.25) is 22.7 Å². The van der Waals surface area contributed by atoms with E-state index >= 15 is 0 Å². The van der Waals surface area contributed by atoms with Crippen LogP contribution in [0.5, 0.6) is 11.5 Å². The molecule has 1 saturated heterocycles. The van der Waals surface area contributed by atoms with Crippen molar-refractivity contribution in [2.45, 2.75) is 24.6 Å². The van der Waals surface area contributed by atoms with E-state index in [-0.39, 0.29) is 12.5 Å². The second-order valence-electron chi connectivity index (χ2n) is 5.00. The number of rotatable bonds is 3. The van der Waals surface area contributed by atoms with Crippen LogP contribution in [0, 0.1) is 0 Å². The second-order valence-corrected chi connectivity index (χ2v) is 6.80. The van der Waals surface area contributed by atoms with Crippen LogP contribution in [0.15, 0.2) is 18.2 Å². The normalized spacial score (nSPS) is 27.4. The minimum Gasteiger partial charge on any atom is -0.454 e. The molecule has 22 heavy (non-hydrogen) atoms. The van der Waals surface area contributed by atoms with E-state index in [1.54, 1.807) is 6.07 Å². The highest BCUT2D eigenvalue weighted by Gasteiger charge is 2.42. The van der Waals surface area contributed by atoms with Crippen LogP contribution in [0.25, 0.3) is 0 Å². The molecule has 9 nitrogen and oxygen atoms in total. The van der Waals surface area contributed by atoms with Gasteiger partial charge in [0.1, 0.15) is 0 Å². The van der Waals surface area contributed by atoms with Gasteiger partial charge in [-0.15, -0.1) is 0 Å². The number of carbonyl (C=O) groups excluding carboxylic acids is 1. The zero-order chi connectivity index (χ0) is 15.9. The molecule has 0 aliphatic carbocycles. The fraction of sp³-hybridized carbons (Fsp3) is 0.417. The summed E-state index contributed by atoms with van der Waals surface area (Å²) in [4.78, 5) is 11.9. The van der Waals surface area contributed by atoms with Gasteiger partial charge < -0.3 is 19.9 Å². The van der Waals surface area contributed by atoms with Gasteiger partial charge in [0.05, 0.1) is 5.69 Å². The number of fused-ring (bicyclic) bond motifs is 1. The van der Waals surface area contributed by atoms with Crippen LogP contribution in [-0.2, 0) is 14.8 Å². The molecule has 0 bridgehead atoms. The average Bonchev–Trinajstić information content (AvgIpc) is 2.83. The number of hydrogen-bond acceptors (Lipinski definition) is 7. The minimum atomic E-state index is -4.01. The number of aliphatic hydroxyl groups excluding tert-OH is 1. The third kappa shape index (κ3) is 2.67. The quantitative estimate of drug-likeness (QED) is 0.555. The Hall–Kier alpha value is -2.04. The number of carbonyl (C=O) groups is 1. The number of aliphatic hydroxyl groups is 1. The first-order chi connectivity index (χ1) is 10.4. The minimum absolute atomic E-state index is 0.0788. The molecule has 3 unspecified atom stereocenters. The van der Waals surface area contributed by atoms with E-state index in [0.717, 1.165) is 0 Å². The van der Waals surface area contributed by atoms with Gasteiger partial charge in [0.25, 0.3) is 0 Å². The molecule has 2 aliphatic heterocycles. The summed E-state index contributed by atoms with van der Waals surface area (Å²) in [6.07, 6.45) is -1.26. The van der Waals surface area contributed by atoms with Crippen molar-refractivity contribution in [3.8, 4) is 11.5 Å². The summed E-state index contributed by atoms with van der Waals surface area (Å²) < 4.78 is 37.5. The van der Waals surface area contributed by atoms with Crippen molar-refractivity contribution in [2.24, 2.45) is 0 Å². The molecule has 10 heteroatoms. The first kappa shape index (κ1) is 14.9. The lowest BCUT2D eigenvalue weighted by Crippen LogP contribution is -2.65. The molecule has 1 aromatic rings. The van der Waals surface area contributed by atoms with E-state index in [9.17, 15) is 18.3 Å². The average molecular weight is 329 g/mol. The third-order valence-electron chi connectivity index (χ3n) is 3.38. The molecule has 1 aromatic carbocycles. The SMILES string of the molecule is CC1NC(O)NC(=O)C1S(=O)(=O)Nc1ccc2c(c1)OCO2. The molecule has 0 saturated carbocycles. The molecule has 0 aromatic heterocycles. The Labute approximate surface area is 126 Å². The summed E-state index contributed by atoms with van der Waals surface area (Å²) in [5, 5.41) is 12.7. The van der Waals surface area contributed by atoms with Crippen LogP contribution in [0.3, 0.4) is 0 Å². The van der Waals surface area contributed by atoms with Gasteiger partial charge in [-0.25, -0.2) is 8.42 Å². The topological polar surface area (TPSA) is 126 Å². The Morgan fingerprint density at radius 2 is 2.05 bits per heavy atom. The van der Waals surface area contributed by atoms with Crippen molar-refractivity contribution in [3.05, 3.63) is 18.2 Å². The smallest absolute Gasteiger partial charge is 0.246 e. The molecule has 120 valence electrons. The van der Waals surface area contributed by atoms with Gasteiger partial charge in [-0.2, -0.15) is 0 Å². The van der Waals surface area contributed by atoms with Crippen LogP contribution in [0.2, 0.25) is 0 Å². The molecule has 0 spiro atoms. The van der Waals surface area contributed by atoms with Gasteiger partial charge in [-0.05, 0) is 19.1 Å². The molecule has 0 radical (unpaired) electrons. The monoisotopic (exact) mass is 329 g/mol. The number of amides is 1. The summed E-state index contributed by atoms with van der Waals surface area (Å²) in [6, 6.07) is 3.81. The lowest BCUT2D eigenvalue weighted by molar-refractivity contribution is -0.127. The zero-order valence-corrected chi connectivity index (χ0v) is 12.4. The molecule has 2 aliphatic rings. The third-order valence-corrected chi connectivity index (χ3v) is 5.19. The van der Waals surface area contributed by atoms with E-state index in [0.29, 0.717) is 11.5 Å². The van der Waals surface area contributed by atoms with Crippen LogP contribution in [0.4, 0.5) is 5.69 Å². The fourth-order valence-electron chi connectivity index (χ4n) is 2.42. The Bertz CT molecular complexity index is 707. The van der Waals surface area contributed by atoms with Crippen LogP contribution < -0.4 is 24.8 Å². The predicted molar refractivity (Wildman–Crippen MR) is 75.6 cm³/mol. The highest BCUT2D eigenvalue weighted by Crippen LogP contribution is 2.34. The second kappa shape index (κ2) is 5.30. The predicted octanol–water partition coefficient (Wildman–Crippen LogP) is -1.09. The molecule has 4 N–H and O–H groups in total. The highest BCUT2D eigenvalue weighted by molar-refractivity contribution is 7.94. The number of benzene rings is 1. The van der Waals surface area contributed by atoms with E-state index in [4.69, 9.17) is 9.47 Å². The lowest BCUT2D eigenvalue weighted by Gasteiger charge is -2.32. The summed E-state index contributed by atoms with van der Waals surface area (Å²) in [7, 11) is -4.01. The summed E-state index contributed by atoms with van der Waals surface area (Å²) in [6.45, 7) is 1.58. The number of hydrogen-bond donors (Lipinski definition) is 4. The van der Waals surface area contributed by atoms with Crippen LogP contribution >= 0.6 is 0 Å². The Morgan fingerprint density at radius 3 is 2.77 bits per heavy atom. The maximum atomic E-state index is 12.4. The Balaban J connectivity index is 1.83. The van der Waals surface area contributed by atoms with Crippen molar-refractivity contribution in [3.63, 3.8) is 0 Å². The lowest BCUT2D eigenvalue weighted by atomic mass is 10.2. The van der Waals surface area contributed by atoms with E-state index < -0.39 is 33.6 Å². The van der Waals surface area contributed by atoms with Gasteiger partial charge in [-0.1, -0.05) is 0 Å². The number of ether oxygens (including phenoxy) is 2. The number of anilines is 1. The van der Waals surface area contributed by atoms with Gasteiger partial charge >= 0.3 is 0 Å². The van der Waals surface area contributed by atoms with Gasteiger partial charge in [-0.3, -0.25) is 14.8 Å². The highest BCUT2D eigenvalue weighted by atomic mass is 32.2. The van der Waals surface area contributed by atoms with Crippen LogP contribution in [0.1, 0.15) is 6.92 Å². The van der Waals surface area contributed by atoms with Gasteiger partial charge in [0.15, 0.2) is 23.1 Å². The molecular weight excluding hydrogens is 314 g/mol. The van der Waals surface area contributed by atoms with Gasteiger partial charge in [0, 0.05) is 12.1 Å². The number of nitrogens with one attached hydrogen (secondary N) is 3. The van der Waals surface area contributed by atoms with Crippen molar-refractivity contribution < 1.29 is 27.8 Å². The molecule has 1 fully saturated rings. The standard InChI is InChI=1S/C12H15N3O6S/c1-6-10(11(16)14-12(17)13-6)22(18,19)15-7-2-3-8-9(4-7)21-5-20-8/h2-4,6,10,12-13,15,17H,5H2,1H3,(H,14,16). The molecule has 1 amide bonds. The molecular formula is C12H15N3O6S. The van der Waals surface area contributed by atoms with Crippen molar-refractivity contribution in [1.82, 2.24) is 10.6 Å². The Morgan fingerprint density at radius 1 is 1.32 bits per heavy atom. The van der Waals surface area contributed by atoms with E-state index in [1.807, 2.05) is 0 Å². The first-order valence-corrected chi connectivity index (χ1v) is 8.07. The summed E-state index contributed by atoms with van der Waals surface area (Å²) in [5.41, 5.74) is 0.260. The molecule has 2 heterocycles. The zero-order valence-electron chi connectivity index (χ0n) is 11.6. The van der Waals surface area contributed by atoms with Crippen LogP contribution in [-0.4, -0.2) is 43.9 Å². The Kier molecular flexibility index (Phi) is 3.59. The van der Waals surface area contributed by atoms with Crippen molar-refractivity contribution in [1.29, 1.82) is 0 Å². The largest absolute Gasteiger partial charge is 0.454 e. The summed E-state index contributed by atoms with van der Waals surface area (Å²) >= 11 is 0. The first-order valence-electron chi connectivity index (χ1n) is 6.52. The fourth-order valence-corrected chi connectivity index (χ4v) is 3.97. The molecule has 3 rings (SSSR count). The maximum absolute atomic E-state index is 12.4. The maximum Gasteiger partial charge on any atom is 0.246 e. The van der Waals surface area contributed by atoms with E-state index in [2.05, 4.69) is 15.4 Å². The van der Waals surface area contributed by atoms with E-state index in [1.165, 1.54) is 19.1 Å². The number of sulfonamides is 1. The molecule has 3 atom stereocenters. The van der Waals surface area contributed by atoms with Crippen molar-refractivity contribution in [2.75, 3.05) is 11.5 Å². The van der Waals surface area contributed by atoms with Crippen molar-refractivity contribution >= 4 is 21.6 Å².